The van der Waals surface area contributed by atoms with Gasteiger partial charge >= 0.3 is 5.97 Å². The van der Waals surface area contributed by atoms with Gasteiger partial charge < -0.3 is 20.5 Å². The highest BCUT2D eigenvalue weighted by atomic mass is 16.6. The minimum Gasteiger partial charge on any atom is -0.482 e. The van der Waals surface area contributed by atoms with Gasteiger partial charge in [0.2, 0.25) is 11.9 Å². The molecule has 2 aromatic carbocycles. The minimum atomic E-state index is -0.534. The highest BCUT2D eigenvalue weighted by Gasteiger charge is 2.10. The van der Waals surface area contributed by atoms with Crippen LogP contribution in [0.25, 0.3) is 0 Å². The molecule has 0 bridgehead atoms. The van der Waals surface area contributed by atoms with E-state index < -0.39 is 5.97 Å². The lowest BCUT2D eigenvalue weighted by Crippen LogP contribution is -2.16. The summed E-state index contributed by atoms with van der Waals surface area (Å²) in [7, 11) is 0. The van der Waals surface area contributed by atoms with E-state index in [1.165, 1.54) is 0 Å². The number of hydrogen-bond donors (Lipinski definition) is 2. The molecule has 28 heavy (non-hydrogen) atoms. The van der Waals surface area contributed by atoms with Crippen LogP contribution < -0.4 is 15.8 Å². The molecule has 0 aliphatic rings. The second-order valence-electron chi connectivity index (χ2n) is 5.83. The Morgan fingerprint density at radius 2 is 1.79 bits per heavy atom. The molecule has 0 aliphatic carbocycles. The van der Waals surface area contributed by atoms with Gasteiger partial charge in [-0.2, -0.15) is 15.0 Å². The second-order valence-corrected chi connectivity index (χ2v) is 5.83. The zero-order valence-electron chi connectivity index (χ0n) is 15.5. The van der Waals surface area contributed by atoms with Gasteiger partial charge in [0.25, 0.3) is 0 Å². The lowest BCUT2D eigenvalue weighted by atomic mass is 10.1. The van der Waals surface area contributed by atoms with Crippen molar-refractivity contribution >= 4 is 23.6 Å². The van der Waals surface area contributed by atoms with Crippen molar-refractivity contribution in [2.45, 2.75) is 20.0 Å². The third-order valence-electron chi connectivity index (χ3n) is 3.81. The molecule has 0 atom stereocenters. The molecule has 0 spiro atoms. The lowest BCUT2D eigenvalue weighted by Gasteiger charge is -2.11. The van der Waals surface area contributed by atoms with E-state index in [0.29, 0.717) is 11.7 Å². The monoisotopic (exact) mass is 379 g/mol. The number of anilines is 3. The molecular weight excluding hydrogens is 358 g/mol. The molecule has 8 heteroatoms. The summed E-state index contributed by atoms with van der Waals surface area (Å²) in [6.45, 7) is 1.72. The molecule has 8 nitrogen and oxygen atoms in total. The van der Waals surface area contributed by atoms with Crippen LogP contribution >= 0.6 is 0 Å². The number of esters is 1. The van der Waals surface area contributed by atoms with Crippen LogP contribution in [0.4, 0.5) is 17.6 Å². The molecule has 0 saturated carbocycles. The summed E-state index contributed by atoms with van der Waals surface area (Å²) in [5.74, 6) is 0.633. The fourth-order valence-corrected chi connectivity index (χ4v) is 2.48. The van der Waals surface area contributed by atoms with Crippen molar-refractivity contribution in [3.63, 3.8) is 0 Å². The maximum absolute atomic E-state index is 11.9. The fraction of sp³-hybridized carbons (Fsp3) is 0.200. The fourth-order valence-electron chi connectivity index (χ4n) is 2.48. The SMILES string of the molecule is CCc1ccccc1Nc1nc(N)nc(COC(=O)COc2ccccc2)n1. The second kappa shape index (κ2) is 9.31. The van der Waals surface area contributed by atoms with Gasteiger partial charge in [0, 0.05) is 5.69 Å². The number of para-hydroxylation sites is 2. The Labute approximate surface area is 162 Å². The summed E-state index contributed by atoms with van der Waals surface area (Å²) in [5.41, 5.74) is 7.76. The van der Waals surface area contributed by atoms with E-state index in [0.717, 1.165) is 17.7 Å². The zero-order valence-corrected chi connectivity index (χ0v) is 15.5. The number of nitrogens with two attached hydrogens (primary N) is 1. The van der Waals surface area contributed by atoms with E-state index in [-0.39, 0.29) is 25.0 Å². The van der Waals surface area contributed by atoms with Gasteiger partial charge in [-0.05, 0) is 30.2 Å². The summed E-state index contributed by atoms with van der Waals surface area (Å²) in [6, 6.07) is 16.8. The molecule has 0 saturated heterocycles. The minimum absolute atomic E-state index is 0.0399. The number of carbonyl (C=O) groups is 1. The zero-order chi connectivity index (χ0) is 19.8. The van der Waals surface area contributed by atoms with Crippen LogP contribution in [0.2, 0.25) is 0 Å². The van der Waals surface area contributed by atoms with Crippen LogP contribution in [0.5, 0.6) is 5.75 Å². The summed E-state index contributed by atoms with van der Waals surface area (Å²) in [5, 5.41) is 3.13. The Hall–Kier alpha value is -3.68. The molecule has 3 rings (SSSR count). The number of rotatable bonds is 8. The van der Waals surface area contributed by atoms with Crippen LogP contribution in [-0.2, 0) is 22.6 Å². The number of benzene rings is 2. The molecule has 1 aromatic heterocycles. The summed E-state index contributed by atoms with van der Waals surface area (Å²) < 4.78 is 10.5. The maximum Gasteiger partial charge on any atom is 0.344 e. The van der Waals surface area contributed by atoms with Crippen molar-refractivity contribution in [2.75, 3.05) is 17.7 Å². The average Bonchev–Trinajstić information content (AvgIpc) is 2.71. The highest BCUT2D eigenvalue weighted by molar-refractivity contribution is 5.71. The van der Waals surface area contributed by atoms with Crippen molar-refractivity contribution in [3.05, 3.63) is 66.0 Å². The van der Waals surface area contributed by atoms with E-state index >= 15 is 0 Å². The van der Waals surface area contributed by atoms with E-state index in [9.17, 15) is 4.79 Å². The predicted octanol–water partition coefficient (Wildman–Crippen LogP) is 2.88. The average molecular weight is 379 g/mol. The maximum atomic E-state index is 11.9. The third kappa shape index (κ3) is 5.41. The van der Waals surface area contributed by atoms with Gasteiger partial charge in [-0.3, -0.25) is 0 Å². The first-order valence-electron chi connectivity index (χ1n) is 8.83. The number of carbonyl (C=O) groups excluding carboxylic acids is 1. The standard InChI is InChI=1S/C20H21N5O3/c1-2-14-8-6-7-11-16(14)22-20-24-17(23-19(21)25-20)12-28-18(26)13-27-15-9-4-3-5-10-15/h3-11H,2,12-13H2,1H3,(H3,21,22,23,24,25). The van der Waals surface area contributed by atoms with Crippen molar-refractivity contribution in [3.8, 4) is 5.75 Å². The Kier molecular flexibility index (Phi) is 6.35. The first kappa shape index (κ1) is 19.1. The first-order chi connectivity index (χ1) is 13.6. The largest absolute Gasteiger partial charge is 0.482 e. The Balaban J connectivity index is 1.59. The highest BCUT2D eigenvalue weighted by Crippen LogP contribution is 2.19. The number of nitrogens with one attached hydrogen (secondary N) is 1. The van der Waals surface area contributed by atoms with Gasteiger partial charge in [0.05, 0.1) is 0 Å². The topological polar surface area (TPSA) is 112 Å². The Morgan fingerprint density at radius 3 is 2.57 bits per heavy atom. The van der Waals surface area contributed by atoms with Crippen molar-refractivity contribution in [1.82, 2.24) is 15.0 Å². The van der Waals surface area contributed by atoms with Crippen LogP contribution in [0.1, 0.15) is 18.3 Å². The number of aryl methyl sites for hydroxylation is 1. The number of aromatic nitrogens is 3. The molecule has 0 aliphatic heterocycles. The van der Waals surface area contributed by atoms with Gasteiger partial charge in [-0.15, -0.1) is 0 Å². The van der Waals surface area contributed by atoms with Crippen LogP contribution in [0, 0.1) is 0 Å². The quantitative estimate of drug-likeness (QED) is 0.575. The van der Waals surface area contributed by atoms with E-state index in [1.807, 2.05) is 42.5 Å². The van der Waals surface area contributed by atoms with Gasteiger partial charge in [0.15, 0.2) is 19.0 Å². The van der Waals surface area contributed by atoms with Gasteiger partial charge in [-0.25, -0.2) is 4.79 Å². The van der Waals surface area contributed by atoms with Crippen LogP contribution in [0.3, 0.4) is 0 Å². The smallest absolute Gasteiger partial charge is 0.344 e. The lowest BCUT2D eigenvalue weighted by molar-refractivity contribution is -0.147. The molecule has 3 N–H and O–H groups in total. The number of ether oxygens (including phenoxy) is 2. The normalized spacial score (nSPS) is 10.3. The predicted molar refractivity (Wildman–Crippen MR) is 105 cm³/mol. The molecule has 0 radical (unpaired) electrons. The summed E-state index contributed by atoms with van der Waals surface area (Å²) in [4.78, 5) is 24.2. The third-order valence-corrected chi connectivity index (χ3v) is 3.81. The van der Waals surface area contributed by atoms with E-state index in [2.05, 4.69) is 27.2 Å². The van der Waals surface area contributed by atoms with Crippen molar-refractivity contribution < 1.29 is 14.3 Å². The molecule has 0 fully saturated rings. The van der Waals surface area contributed by atoms with E-state index in [1.54, 1.807) is 12.1 Å². The van der Waals surface area contributed by atoms with E-state index in [4.69, 9.17) is 15.2 Å². The van der Waals surface area contributed by atoms with Gasteiger partial charge in [0.1, 0.15) is 5.75 Å². The number of nitrogens with zero attached hydrogens (tertiary/aromatic N) is 3. The number of nitrogen functional groups attached to an aromatic ring is 1. The first-order valence-corrected chi connectivity index (χ1v) is 8.83. The van der Waals surface area contributed by atoms with Crippen LogP contribution in [-0.4, -0.2) is 27.5 Å². The molecule has 0 unspecified atom stereocenters. The Morgan fingerprint density at radius 1 is 1.04 bits per heavy atom. The molecular formula is C20H21N5O3. The number of hydrogen-bond acceptors (Lipinski definition) is 8. The Bertz CT molecular complexity index is 934. The molecule has 144 valence electrons. The van der Waals surface area contributed by atoms with Crippen LogP contribution in [0.15, 0.2) is 54.6 Å². The van der Waals surface area contributed by atoms with Crippen molar-refractivity contribution in [1.29, 1.82) is 0 Å². The molecule has 3 aromatic rings. The molecule has 0 amide bonds. The summed E-state index contributed by atoms with van der Waals surface area (Å²) >= 11 is 0. The van der Waals surface area contributed by atoms with Crippen molar-refractivity contribution in [2.24, 2.45) is 0 Å². The van der Waals surface area contributed by atoms with Gasteiger partial charge in [-0.1, -0.05) is 43.3 Å². The summed E-state index contributed by atoms with van der Waals surface area (Å²) in [6.07, 6.45) is 0.857. The molecule has 1 heterocycles.